The van der Waals surface area contributed by atoms with Gasteiger partial charge >= 0.3 is 0 Å². The lowest BCUT2D eigenvalue weighted by Gasteiger charge is -2.07. The molecule has 3 heteroatoms. The Hall–Kier alpha value is -1.77. The van der Waals surface area contributed by atoms with Crippen molar-refractivity contribution in [2.45, 2.75) is 32.6 Å². The van der Waals surface area contributed by atoms with E-state index in [4.69, 9.17) is 9.47 Å². The minimum Gasteiger partial charge on any atom is -0.493 e. The second-order valence-corrected chi connectivity index (χ2v) is 4.37. The molecule has 0 spiro atoms. The number of ether oxygens (including phenoxy) is 2. The fourth-order valence-electron chi connectivity index (χ4n) is 1.78. The van der Waals surface area contributed by atoms with Crippen LogP contribution in [0.1, 0.15) is 38.2 Å². The minimum atomic E-state index is 0.170. The topological polar surface area (TPSA) is 35.5 Å². The Morgan fingerprint density at radius 1 is 1.16 bits per heavy atom. The highest BCUT2D eigenvalue weighted by Crippen LogP contribution is 2.27. The minimum absolute atomic E-state index is 0.170. The van der Waals surface area contributed by atoms with E-state index in [1.807, 2.05) is 24.3 Å². The van der Waals surface area contributed by atoms with Crippen molar-refractivity contribution in [3.8, 4) is 11.5 Å². The normalized spacial score (nSPS) is 10.7. The predicted molar refractivity (Wildman–Crippen MR) is 77.7 cm³/mol. The number of hydrogen-bond acceptors (Lipinski definition) is 3. The summed E-state index contributed by atoms with van der Waals surface area (Å²) < 4.78 is 10.4. The van der Waals surface area contributed by atoms with Gasteiger partial charge in [0.25, 0.3) is 0 Å². The average molecular weight is 262 g/mol. The largest absolute Gasteiger partial charge is 0.493 e. The summed E-state index contributed by atoms with van der Waals surface area (Å²) in [5.41, 5.74) is 0.932. The molecule has 1 aromatic rings. The Bertz CT molecular complexity index is 436. The fraction of sp³-hybridized carbons (Fsp3) is 0.438. The lowest BCUT2D eigenvalue weighted by molar-refractivity contribution is -0.114. The summed E-state index contributed by atoms with van der Waals surface area (Å²) in [6.07, 6.45) is 7.28. The summed E-state index contributed by atoms with van der Waals surface area (Å²) in [5.74, 6) is 1.53. The Balaban J connectivity index is 2.63. The number of methoxy groups -OCH3 is 2. The van der Waals surface area contributed by atoms with E-state index in [1.165, 1.54) is 0 Å². The Morgan fingerprint density at radius 3 is 2.53 bits per heavy atom. The van der Waals surface area contributed by atoms with Crippen LogP contribution < -0.4 is 9.47 Å². The molecule has 0 aromatic heterocycles. The SMILES string of the molecule is CCCCCC(=O)C=Cc1ccc(OC)c(OC)c1. The van der Waals surface area contributed by atoms with E-state index in [-0.39, 0.29) is 5.78 Å². The fourth-order valence-corrected chi connectivity index (χ4v) is 1.78. The van der Waals surface area contributed by atoms with Crippen LogP contribution in [-0.2, 0) is 4.79 Å². The van der Waals surface area contributed by atoms with Crippen molar-refractivity contribution in [2.24, 2.45) is 0 Å². The summed E-state index contributed by atoms with van der Waals surface area (Å²) in [5, 5.41) is 0. The Kier molecular flexibility index (Phi) is 6.72. The molecule has 0 aliphatic carbocycles. The molecule has 0 aliphatic rings. The number of allylic oxidation sites excluding steroid dienone is 1. The van der Waals surface area contributed by atoms with Gasteiger partial charge in [0.05, 0.1) is 14.2 Å². The first-order valence-electron chi connectivity index (χ1n) is 6.64. The number of unbranched alkanes of at least 4 members (excludes halogenated alkanes) is 2. The van der Waals surface area contributed by atoms with Crippen LogP contribution in [0.15, 0.2) is 24.3 Å². The maximum atomic E-state index is 11.6. The zero-order chi connectivity index (χ0) is 14.1. The molecule has 0 heterocycles. The monoisotopic (exact) mass is 262 g/mol. The van der Waals surface area contributed by atoms with Gasteiger partial charge in [-0.2, -0.15) is 0 Å². The molecule has 0 bridgehead atoms. The summed E-state index contributed by atoms with van der Waals surface area (Å²) in [6, 6.07) is 5.59. The first kappa shape index (κ1) is 15.3. The van der Waals surface area contributed by atoms with Gasteiger partial charge < -0.3 is 9.47 Å². The summed E-state index contributed by atoms with van der Waals surface area (Å²) in [6.45, 7) is 2.13. The van der Waals surface area contributed by atoms with Gasteiger partial charge in [-0.1, -0.05) is 31.9 Å². The molecule has 0 saturated heterocycles. The molecule has 0 amide bonds. The molecule has 19 heavy (non-hydrogen) atoms. The van der Waals surface area contributed by atoms with E-state index in [0.29, 0.717) is 17.9 Å². The van der Waals surface area contributed by atoms with Crippen molar-refractivity contribution in [1.82, 2.24) is 0 Å². The Morgan fingerprint density at radius 2 is 1.89 bits per heavy atom. The number of carbonyl (C=O) groups is 1. The van der Waals surface area contributed by atoms with Crippen LogP contribution in [0.4, 0.5) is 0 Å². The van der Waals surface area contributed by atoms with Crippen LogP contribution in [0.5, 0.6) is 11.5 Å². The van der Waals surface area contributed by atoms with Gasteiger partial charge in [-0.15, -0.1) is 0 Å². The number of rotatable bonds is 8. The molecule has 0 radical (unpaired) electrons. The summed E-state index contributed by atoms with van der Waals surface area (Å²) >= 11 is 0. The zero-order valence-electron chi connectivity index (χ0n) is 11.9. The highest BCUT2D eigenvalue weighted by Gasteiger charge is 2.03. The quantitative estimate of drug-likeness (QED) is 0.527. The maximum absolute atomic E-state index is 11.6. The van der Waals surface area contributed by atoms with Crippen molar-refractivity contribution in [1.29, 1.82) is 0 Å². The second kappa shape index (κ2) is 8.35. The molecule has 0 saturated carbocycles. The molecule has 0 N–H and O–H groups in total. The van der Waals surface area contributed by atoms with Crippen molar-refractivity contribution < 1.29 is 14.3 Å². The second-order valence-electron chi connectivity index (χ2n) is 4.37. The van der Waals surface area contributed by atoms with Crippen LogP contribution >= 0.6 is 0 Å². The smallest absolute Gasteiger partial charge is 0.161 e. The highest BCUT2D eigenvalue weighted by atomic mass is 16.5. The van der Waals surface area contributed by atoms with Crippen molar-refractivity contribution >= 4 is 11.9 Å². The molecular formula is C16H22O3. The highest BCUT2D eigenvalue weighted by molar-refractivity contribution is 5.93. The van der Waals surface area contributed by atoms with Gasteiger partial charge in [0.1, 0.15) is 0 Å². The third-order valence-electron chi connectivity index (χ3n) is 2.90. The van der Waals surface area contributed by atoms with Crippen LogP contribution in [0, 0.1) is 0 Å². The molecule has 0 unspecified atom stereocenters. The Labute approximate surface area is 115 Å². The van der Waals surface area contributed by atoms with Gasteiger partial charge in [0.2, 0.25) is 0 Å². The van der Waals surface area contributed by atoms with Crippen LogP contribution in [-0.4, -0.2) is 20.0 Å². The van der Waals surface area contributed by atoms with Gasteiger partial charge in [0, 0.05) is 6.42 Å². The lowest BCUT2D eigenvalue weighted by Crippen LogP contribution is -1.93. The molecule has 0 atom stereocenters. The zero-order valence-corrected chi connectivity index (χ0v) is 11.9. The molecule has 0 aliphatic heterocycles. The number of hydrogen-bond donors (Lipinski definition) is 0. The van der Waals surface area contributed by atoms with Gasteiger partial charge in [-0.3, -0.25) is 4.79 Å². The van der Waals surface area contributed by atoms with Gasteiger partial charge in [0.15, 0.2) is 17.3 Å². The van der Waals surface area contributed by atoms with E-state index >= 15 is 0 Å². The number of ketones is 1. The third-order valence-corrected chi connectivity index (χ3v) is 2.90. The molecular weight excluding hydrogens is 240 g/mol. The van der Waals surface area contributed by atoms with E-state index in [0.717, 1.165) is 24.8 Å². The summed E-state index contributed by atoms with van der Waals surface area (Å²) in [4.78, 5) is 11.6. The van der Waals surface area contributed by atoms with E-state index in [2.05, 4.69) is 6.92 Å². The molecule has 104 valence electrons. The van der Waals surface area contributed by atoms with Crippen LogP contribution in [0.25, 0.3) is 6.08 Å². The van der Waals surface area contributed by atoms with E-state index < -0.39 is 0 Å². The third kappa shape index (κ3) is 5.16. The van der Waals surface area contributed by atoms with Crippen molar-refractivity contribution in [2.75, 3.05) is 14.2 Å². The average Bonchev–Trinajstić information content (AvgIpc) is 2.45. The van der Waals surface area contributed by atoms with Gasteiger partial charge in [-0.25, -0.2) is 0 Å². The van der Waals surface area contributed by atoms with Crippen LogP contribution in [0.3, 0.4) is 0 Å². The number of carbonyl (C=O) groups excluding carboxylic acids is 1. The molecule has 3 nitrogen and oxygen atoms in total. The molecule has 0 fully saturated rings. The molecule has 1 rings (SSSR count). The first-order valence-corrected chi connectivity index (χ1v) is 6.64. The number of benzene rings is 1. The van der Waals surface area contributed by atoms with Gasteiger partial charge in [-0.05, 0) is 30.2 Å². The van der Waals surface area contributed by atoms with Crippen LogP contribution in [0.2, 0.25) is 0 Å². The standard InChI is InChI=1S/C16H22O3/c1-4-5-6-7-14(17)10-8-13-9-11-15(18-2)16(12-13)19-3/h8-12H,4-7H2,1-3H3. The van der Waals surface area contributed by atoms with E-state index in [1.54, 1.807) is 20.3 Å². The van der Waals surface area contributed by atoms with Crippen molar-refractivity contribution in [3.05, 3.63) is 29.8 Å². The predicted octanol–water partition coefficient (Wildman–Crippen LogP) is 3.87. The van der Waals surface area contributed by atoms with E-state index in [9.17, 15) is 4.79 Å². The summed E-state index contributed by atoms with van der Waals surface area (Å²) in [7, 11) is 3.20. The van der Waals surface area contributed by atoms with Crippen molar-refractivity contribution in [3.63, 3.8) is 0 Å². The maximum Gasteiger partial charge on any atom is 0.161 e. The lowest BCUT2D eigenvalue weighted by atomic mass is 10.1. The first-order chi connectivity index (χ1) is 9.21. The molecule has 1 aromatic carbocycles.